The number of hydrogen-bond acceptors (Lipinski definition) is 2. The first kappa shape index (κ1) is 11.5. The average molecular weight is 199 g/mol. The van der Waals surface area contributed by atoms with Crippen molar-refractivity contribution in [3.8, 4) is 0 Å². The second-order valence-electron chi connectivity index (χ2n) is 4.24. The summed E-state index contributed by atoms with van der Waals surface area (Å²) in [4.78, 5) is 13.7. The van der Waals surface area contributed by atoms with Crippen LogP contribution in [0.5, 0.6) is 0 Å². The zero-order valence-corrected chi connectivity index (χ0v) is 9.20. The Morgan fingerprint density at radius 2 is 2.36 bits per heavy atom. The molecule has 0 saturated carbocycles. The molecular formula is C11H21NO2. The minimum atomic E-state index is 0.209. The van der Waals surface area contributed by atoms with Crippen molar-refractivity contribution in [1.29, 1.82) is 0 Å². The van der Waals surface area contributed by atoms with E-state index in [1.54, 1.807) is 0 Å². The van der Waals surface area contributed by atoms with Crippen LogP contribution < -0.4 is 0 Å². The second kappa shape index (κ2) is 5.35. The van der Waals surface area contributed by atoms with Gasteiger partial charge in [0.25, 0.3) is 0 Å². The highest BCUT2D eigenvalue weighted by molar-refractivity contribution is 5.76. The fraction of sp³-hybridized carbons (Fsp3) is 0.909. The van der Waals surface area contributed by atoms with Gasteiger partial charge in [-0.2, -0.15) is 0 Å². The molecule has 3 nitrogen and oxygen atoms in total. The standard InChI is InChI=1S/C11H21NO2/c1-3-9(2)12-7-10(8-13)5-4-6-11(12)14/h9-10,13H,3-8H2,1-2H3. The predicted molar refractivity (Wildman–Crippen MR) is 55.9 cm³/mol. The van der Waals surface area contributed by atoms with Gasteiger partial charge in [-0.3, -0.25) is 4.79 Å². The lowest BCUT2D eigenvalue weighted by Gasteiger charge is -2.29. The van der Waals surface area contributed by atoms with E-state index in [4.69, 9.17) is 5.11 Å². The van der Waals surface area contributed by atoms with Crippen molar-refractivity contribution in [2.45, 2.75) is 45.6 Å². The first-order chi connectivity index (χ1) is 6.69. The van der Waals surface area contributed by atoms with E-state index in [1.807, 2.05) is 4.90 Å². The van der Waals surface area contributed by atoms with Crippen LogP contribution in [0.3, 0.4) is 0 Å². The molecule has 1 rings (SSSR count). The van der Waals surface area contributed by atoms with Gasteiger partial charge in [-0.1, -0.05) is 6.92 Å². The molecule has 0 aromatic heterocycles. The molecule has 1 amide bonds. The summed E-state index contributed by atoms with van der Waals surface area (Å²) in [6.45, 7) is 5.12. The number of aliphatic hydroxyl groups excluding tert-OH is 1. The summed E-state index contributed by atoms with van der Waals surface area (Å²) in [5, 5.41) is 9.14. The molecule has 1 aliphatic rings. The van der Waals surface area contributed by atoms with Crippen molar-refractivity contribution in [3.05, 3.63) is 0 Å². The lowest BCUT2D eigenvalue weighted by molar-refractivity contribution is -0.133. The Labute approximate surface area is 86.1 Å². The molecule has 3 heteroatoms. The Hall–Kier alpha value is -0.570. The minimum Gasteiger partial charge on any atom is -0.396 e. The van der Waals surface area contributed by atoms with Crippen molar-refractivity contribution < 1.29 is 9.90 Å². The van der Waals surface area contributed by atoms with Gasteiger partial charge in [-0.25, -0.2) is 0 Å². The molecule has 82 valence electrons. The number of carbonyl (C=O) groups is 1. The van der Waals surface area contributed by atoms with Gasteiger partial charge < -0.3 is 10.0 Å². The van der Waals surface area contributed by atoms with Crippen molar-refractivity contribution in [2.24, 2.45) is 5.92 Å². The predicted octanol–water partition coefficient (Wildman–Crippen LogP) is 1.41. The fourth-order valence-electron chi connectivity index (χ4n) is 1.95. The van der Waals surface area contributed by atoms with E-state index in [9.17, 15) is 4.79 Å². The molecular weight excluding hydrogens is 178 g/mol. The summed E-state index contributed by atoms with van der Waals surface area (Å²) >= 11 is 0. The van der Waals surface area contributed by atoms with Crippen LogP contribution in [0.1, 0.15) is 39.5 Å². The fourth-order valence-corrected chi connectivity index (χ4v) is 1.95. The number of hydrogen-bond donors (Lipinski definition) is 1. The molecule has 0 bridgehead atoms. The summed E-state index contributed by atoms with van der Waals surface area (Å²) in [7, 11) is 0. The van der Waals surface area contributed by atoms with Crippen LogP contribution in [0.25, 0.3) is 0 Å². The number of nitrogens with zero attached hydrogens (tertiary/aromatic N) is 1. The number of rotatable bonds is 3. The van der Waals surface area contributed by atoms with Gasteiger partial charge in [-0.05, 0) is 32.1 Å². The molecule has 0 aliphatic carbocycles. The van der Waals surface area contributed by atoms with Gasteiger partial charge in [0.15, 0.2) is 0 Å². The third-order valence-electron chi connectivity index (χ3n) is 3.16. The number of amides is 1. The van der Waals surface area contributed by atoms with Crippen molar-refractivity contribution in [3.63, 3.8) is 0 Å². The topological polar surface area (TPSA) is 40.5 Å². The second-order valence-corrected chi connectivity index (χ2v) is 4.24. The number of aliphatic hydroxyl groups is 1. The quantitative estimate of drug-likeness (QED) is 0.746. The molecule has 1 fully saturated rings. The number of likely N-dealkylation sites (tertiary alicyclic amines) is 1. The molecule has 2 atom stereocenters. The van der Waals surface area contributed by atoms with Crippen LogP contribution in [0.4, 0.5) is 0 Å². The zero-order chi connectivity index (χ0) is 10.6. The Bertz CT molecular complexity index is 194. The Morgan fingerprint density at radius 3 is 2.93 bits per heavy atom. The first-order valence-electron chi connectivity index (χ1n) is 5.59. The van der Waals surface area contributed by atoms with Crippen LogP contribution in [0.2, 0.25) is 0 Å². The molecule has 1 aliphatic heterocycles. The monoisotopic (exact) mass is 199 g/mol. The van der Waals surface area contributed by atoms with E-state index in [0.29, 0.717) is 12.5 Å². The molecule has 1 saturated heterocycles. The van der Waals surface area contributed by atoms with Gasteiger partial charge in [-0.15, -0.1) is 0 Å². The summed E-state index contributed by atoms with van der Waals surface area (Å²) in [5.41, 5.74) is 0. The van der Waals surface area contributed by atoms with Crippen LogP contribution in [0.15, 0.2) is 0 Å². The van der Waals surface area contributed by atoms with E-state index in [1.165, 1.54) is 0 Å². The Balaban J connectivity index is 2.63. The minimum absolute atomic E-state index is 0.209. The van der Waals surface area contributed by atoms with Gasteiger partial charge in [0.05, 0.1) is 0 Å². The average Bonchev–Trinajstić information content (AvgIpc) is 2.39. The van der Waals surface area contributed by atoms with Crippen molar-refractivity contribution >= 4 is 5.91 Å². The van der Waals surface area contributed by atoms with E-state index in [0.717, 1.165) is 25.8 Å². The van der Waals surface area contributed by atoms with Gasteiger partial charge in [0, 0.05) is 25.6 Å². The molecule has 0 spiro atoms. The molecule has 1 heterocycles. The lowest BCUT2D eigenvalue weighted by Crippen LogP contribution is -2.40. The highest BCUT2D eigenvalue weighted by Gasteiger charge is 2.25. The van der Waals surface area contributed by atoms with Crippen LogP contribution in [-0.4, -0.2) is 35.1 Å². The smallest absolute Gasteiger partial charge is 0.222 e. The van der Waals surface area contributed by atoms with E-state index in [-0.39, 0.29) is 18.4 Å². The maximum atomic E-state index is 11.7. The Kier molecular flexibility index (Phi) is 4.39. The van der Waals surface area contributed by atoms with Crippen LogP contribution in [0, 0.1) is 5.92 Å². The van der Waals surface area contributed by atoms with E-state index < -0.39 is 0 Å². The third-order valence-corrected chi connectivity index (χ3v) is 3.16. The molecule has 0 radical (unpaired) electrons. The summed E-state index contributed by atoms with van der Waals surface area (Å²) in [6, 6.07) is 0.314. The molecule has 14 heavy (non-hydrogen) atoms. The molecule has 1 N–H and O–H groups in total. The van der Waals surface area contributed by atoms with E-state index in [2.05, 4.69) is 13.8 Å². The summed E-state index contributed by atoms with van der Waals surface area (Å²) in [6.07, 6.45) is 3.55. The van der Waals surface area contributed by atoms with Crippen LogP contribution in [-0.2, 0) is 4.79 Å². The third kappa shape index (κ3) is 2.71. The van der Waals surface area contributed by atoms with Gasteiger partial charge in [0.2, 0.25) is 5.91 Å². The first-order valence-corrected chi connectivity index (χ1v) is 5.59. The van der Waals surface area contributed by atoms with Gasteiger partial charge >= 0.3 is 0 Å². The van der Waals surface area contributed by atoms with Gasteiger partial charge in [0.1, 0.15) is 0 Å². The SMILES string of the molecule is CCC(C)N1CC(CO)CCCC1=O. The van der Waals surface area contributed by atoms with Crippen molar-refractivity contribution in [1.82, 2.24) is 4.90 Å². The zero-order valence-electron chi connectivity index (χ0n) is 9.20. The van der Waals surface area contributed by atoms with E-state index >= 15 is 0 Å². The highest BCUT2D eigenvalue weighted by atomic mass is 16.3. The Morgan fingerprint density at radius 1 is 1.64 bits per heavy atom. The molecule has 0 aromatic rings. The lowest BCUT2D eigenvalue weighted by atomic mass is 10.0. The van der Waals surface area contributed by atoms with Crippen LogP contribution >= 0.6 is 0 Å². The summed E-state index contributed by atoms with van der Waals surface area (Å²) < 4.78 is 0. The highest BCUT2D eigenvalue weighted by Crippen LogP contribution is 2.19. The maximum Gasteiger partial charge on any atom is 0.222 e. The van der Waals surface area contributed by atoms with Crippen molar-refractivity contribution in [2.75, 3.05) is 13.2 Å². The maximum absolute atomic E-state index is 11.7. The molecule has 0 aromatic carbocycles. The largest absolute Gasteiger partial charge is 0.396 e. The summed E-state index contributed by atoms with van der Waals surface area (Å²) in [5.74, 6) is 0.547. The number of carbonyl (C=O) groups excluding carboxylic acids is 1. The molecule has 2 unspecified atom stereocenters. The normalized spacial score (nSPS) is 26.1.